The normalized spacial score (nSPS) is 25.0. The second-order valence-electron chi connectivity index (χ2n) is 4.30. The molecule has 1 rings (SSSR count). The number of carbonyl (C=O) groups is 2. The molecule has 1 aliphatic rings. The molecule has 1 aliphatic heterocycles. The molecule has 1 saturated heterocycles. The fourth-order valence-electron chi connectivity index (χ4n) is 2.17. The van der Waals surface area contributed by atoms with Gasteiger partial charge in [-0.05, 0) is 19.1 Å². The third-order valence-corrected chi connectivity index (χ3v) is 3.67. The summed E-state index contributed by atoms with van der Waals surface area (Å²) in [7, 11) is 0. The first-order chi connectivity index (χ1) is 8.15. The molecule has 2 atom stereocenters. The highest BCUT2D eigenvalue weighted by atomic mass is 32.2. The fourth-order valence-corrected chi connectivity index (χ4v) is 2.55. The average Bonchev–Trinajstić information content (AvgIpc) is 2.31. The number of amides is 2. The van der Waals surface area contributed by atoms with Crippen LogP contribution >= 0.6 is 11.8 Å². The third kappa shape index (κ3) is 3.37. The number of carbonyl (C=O) groups excluding carboxylic acids is 2. The second-order valence-corrected chi connectivity index (χ2v) is 5.28. The lowest BCUT2D eigenvalue weighted by Crippen LogP contribution is -2.63. The zero-order chi connectivity index (χ0) is 12.8. The first kappa shape index (κ1) is 14.4. The van der Waals surface area contributed by atoms with Gasteiger partial charge in [0.15, 0.2) is 0 Å². The maximum absolute atomic E-state index is 12.2. The zero-order valence-electron chi connectivity index (χ0n) is 10.9. The first-order valence-electron chi connectivity index (χ1n) is 6.25. The van der Waals surface area contributed by atoms with Gasteiger partial charge in [-0.25, -0.2) is 0 Å². The topological polar surface area (TPSA) is 49.4 Å². The van der Waals surface area contributed by atoms with Crippen molar-refractivity contribution in [3.63, 3.8) is 0 Å². The van der Waals surface area contributed by atoms with Crippen molar-refractivity contribution in [3.05, 3.63) is 0 Å². The van der Waals surface area contributed by atoms with E-state index in [-0.39, 0.29) is 23.9 Å². The second kappa shape index (κ2) is 6.89. The number of nitrogens with zero attached hydrogens (tertiary/aromatic N) is 1. The quantitative estimate of drug-likeness (QED) is 0.780. The van der Waals surface area contributed by atoms with Crippen LogP contribution in [0.1, 0.15) is 33.1 Å². The molecule has 98 valence electrons. The van der Waals surface area contributed by atoms with Crippen molar-refractivity contribution in [1.29, 1.82) is 0 Å². The van der Waals surface area contributed by atoms with E-state index in [4.69, 9.17) is 0 Å². The molecule has 2 unspecified atom stereocenters. The number of nitrogens with one attached hydrogen (secondary N) is 1. The molecular weight excluding hydrogens is 236 g/mol. The van der Waals surface area contributed by atoms with E-state index in [1.165, 1.54) is 0 Å². The van der Waals surface area contributed by atoms with Crippen LogP contribution in [0, 0.1) is 0 Å². The summed E-state index contributed by atoms with van der Waals surface area (Å²) in [5.74, 6) is 0.980. The molecule has 4 nitrogen and oxygen atoms in total. The summed E-state index contributed by atoms with van der Waals surface area (Å²) in [5.41, 5.74) is 0. The summed E-state index contributed by atoms with van der Waals surface area (Å²) < 4.78 is 0. The molecule has 0 bridgehead atoms. The number of hydrogen-bond donors (Lipinski definition) is 1. The Hall–Kier alpha value is -0.710. The highest BCUT2D eigenvalue weighted by Gasteiger charge is 2.38. The van der Waals surface area contributed by atoms with Crippen LogP contribution in [0.5, 0.6) is 0 Å². The lowest BCUT2D eigenvalue weighted by atomic mass is 10.0. The van der Waals surface area contributed by atoms with Crippen LogP contribution in [0.25, 0.3) is 0 Å². The highest BCUT2D eigenvalue weighted by Crippen LogP contribution is 2.16. The highest BCUT2D eigenvalue weighted by molar-refractivity contribution is 7.98. The fraction of sp³-hybridized carbons (Fsp3) is 0.833. The number of piperazine rings is 1. The van der Waals surface area contributed by atoms with Gasteiger partial charge in [-0.2, -0.15) is 11.8 Å². The predicted molar refractivity (Wildman–Crippen MR) is 71.0 cm³/mol. The summed E-state index contributed by atoms with van der Waals surface area (Å²) in [5, 5.41) is 2.84. The molecule has 0 spiro atoms. The van der Waals surface area contributed by atoms with Crippen molar-refractivity contribution in [2.75, 3.05) is 18.6 Å². The Balaban J connectivity index is 2.76. The molecule has 0 saturated carbocycles. The van der Waals surface area contributed by atoms with Crippen molar-refractivity contribution < 1.29 is 9.59 Å². The number of thioether (sulfide) groups is 1. The minimum absolute atomic E-state index is 0.00616. The Labute approximate surface area is 108 Å². The molecule has 2 amide bonds. The molecule has 0 aromatic carbocycles. The van der Waals surface area contributed by atoms with E-state index in [0.717, 1.165) is 18.6 Å². The van der Waals surface area contributed by atoms with Gasteiger partial charge < -0.3 is 10.2 Å². The van der Waals surface area contributed by atoms with E-state index >= 15 is 0 Å². The molecule has 17 heavy (non-hydrogen) atoms. The van der Waals surface area contributed by atoms with Crippen LogP contribution in [-0.2, 0) is 9.59 Å². The molecule has 0 aromatic heterocycles. The van der Waals surface area contributed by atoms with Gasteiger partial charge in [0.05, 0.1) is 0 Å². The summed E-state index contributed by atoms with van der Waals surface area (Å²) in [4.78, 5) is 25.9. The maximum atomic E-state index is 12.2. The minimum atomic E-state index is -0.308. The van der Waals surface area contributed by atoms with Gasteiger partial charge in [-0.1, -0.05) is 20.3 Å². The molecule has 1 heterocycles. The lowest BCUT2D eigenvalue weighted by Gasteiger charge is -2.38. The third-order valence-electron chi connectivity index (χ3n) is 3.08. The summed E-state index contributed by atoms with van der Waals surface area (Å²) in [6.07, 6.45) is 4.34. The van der Waals surface area contributed by atoms with Gasteiger partial charge >= 0.3 is 0 Å². The van der Waals surface area contributed by atoms with Gasteiger partial charge in [0, 0.05) is 12.3 Å². The van der Waals surface area contributed by atoms with E-state index in [2.05, 4.69) is 5.32 Å². The van der Waals surface area contributed by atoms with Crippen molar-refractivity contribution in [2.45, 2.75) is 45.2 Å². The zero-order valence-corrected chi connectivity index (χ0v) is 11.7. The van der Waals surface area contributed by atoms with Gasteiger partial charge in [0.1, 0.15) is 12.1 Å². The van der Waals surface area contributed by atoms with Crippen LogP contribution in [0.3, 0.4) is 0 Å². The van der Waals surface area contributed by atoms with E-state index in [1.807, 2.05) is 20.1 Å². The van der Waals surface area contributed by atoms with Crippen molar-refractivity contribution in [1.82, 2.24) is 10.2 Å². The maximum Gasteiger partial charge on any atom is 0.245 e. The van der Waals surface area contributed by atoms with Crippen molar-refractivity contribution in [3.8, 4) is 0 Å². The molecule has 1 N–H and O–H groups in total. The standard InChI is InChI=1S/C12H22N2O2S/c1-4-6-9-12(16)14(7-8-17-3)10(5-2)11(15)13-9/h9-10H,4-8H2,1-3H3,(H,13,15). The monoisotopic (exact) mass is 258 g/mol. The average molecular weight is 258 g/mol. The van der Waals surface area contributed by atoms with Gasteiger partial charge in [-0.3, -0.25) is 9.59 Å². The predicted octanol–water partition coefficient (Wildman–Crippen LogP) is 1.26. The first-order valence-corrected chi connectivity index (χ1v) is 7.64. The Bertz CT molecular complexity index is 284. The molecule has 0 aliphatic carbocycles. The van der Waals surface area contributed by atoms with E-state index in [0.29, 0.717) is 13.0 Å². The summed E-state index contributed by atoms with van der Waals surface area (Å²) >= 11 is 1.70. The smallest absolute Gasteiger partial charge is 0.245 e. The minimum Gasteiger partial charge on any atom is -0.343 e. The SMILES string of the molecule is CCCC1NC(=O)C(CC)N(CCSC)C1=O. The van der Waals surface area contributed by atoms with Crippen LogP contribution < -0.4 is 5.32 Å². The Kier molecular flexibility index (Phi) is 5.82. The van der Waals surface area contributed by atoms with Gasteiger partial charge in [0.25, 0.3) is 0 Å². The molecule has 5 heteroatoms. The molecule has 0 radical (unpaired) electrons. The Morgan fingerprint density at radius 1 is 1.35 bits per heavy atom. The Morgan fingerprint density at radius 3 is 2.59 bits per heavy atom. The number of rotatable bonds is 6. The van der Waals surface area contributed by atoms with Crippen LogP contribution in [0.4, 0.5) is 0 Å². The van der Waals surface area contributed by atoms with Crippen molar-refractivity contribution >= 4 is 23.6 Å². The van der Waals surface area contributed by atoms with Crippen LogP contribution in [-0.4, -0.2) is 47.4 Å². The summed E-state index contributed by atoms with van der Waals surface area (Å²) in [6.45, 7) is 4.65. The molecular formula is C12H22N2O2S. The van der Waals surface area contributed by atoms with E-state index < -0.39 is 0 Å². The van der Waals surface area contributed by atoms with E-state index in [1.54, 1.807) is 16.7 Å². The van der Waals surface area contributed by atoms with Crippen LogP contribution in [0.2, 0.25) is 0 Å². The number of hydrogen-bond acceptors (Lipinski definition) is 3. The van der Waals surface area contributed by atoms with E-state index in [9.17, 15) is 9.59 Å². The van der Waals surface area contributed by atoms with Crippen LogP contribution in [0.15, 0.2) is 0 Å². The Morgan fingerprint density at radius 2 is 2.06 bits per heavy atom. The summed E-state index contributed by atoms with van der Waals surface area (Å²) in [6, 6.07) is -0.583. The largest absolute Gasteiger partial charge is 0.343 e. The van der Waals surface area contributed by atoms with Gasteiger partial charge in [0.2, 0.25) is 11.8 Å². The molecule has 0 aromatic rings. The lowest BCUT2D eigenvalue weighted by molar-refractivity contribution is -0.149. The van der Waals surface area contributed by atoms with Crippen molar-refractivity contribution in [2.24, 2.45) is 0 Å². The van der Waals surface area contributed by atoms with Gasteiger partial charge in [-0.15, -0.1) is 0 Å². The molecule has 1 fully saturated rings.